The van der Waals surface area contributed by atoms with Crippen molar-refractivity contribution in [2.45, 2.75) is 31.9 Å². The summed E-state index contributed by atoms with van der Waals surface area (Å²) in [7, 11) is 0. The third-order valence-corrected chi connectivity index (χ3v) is 3.60. The van der Waals surface area contributed by atoms with Crippen molar-refractivity contribution in [3.8, 4) is 0 Å². The largest absolute Gasteiger partial charge is 0.445 e. The molecule has 1 unspecified atom stereocenters. The quantitative estimate of drug-likeness (QED) is 0.868. The van der Waals surface area contributed by atoms with Crippen molar-refractivity contribution < 1.29 is 13.9 Å². The van der Waals surface area contributed by atoms with Gasteiger partial charge >= 0.3 is 6.09 Å². The second-order valence-electron chi connectivity index (χ2n) is 5.02. The van der Waals surface area contributed by atoms with E-state index in [0.717, 1.165) is 24.8 Å². The molecule has 1 fully saturated rings. The van der Waals surface area contributed by atoms with Gasteiger partial charge in [-0.05, 0) is 24.8 Å². The smallest absolute Gasteiger partial charge is 0.410 e. The lowest BCUT2D eigenvalue weighted by atomic mass is 10.0. The van der Waals surface area contributed by atoms with Gasteiger partial charge in [0.1, 0.15) is 12.6 Å². The van der Waals surface area contributed by atoms with E-state index >= 15 is 0 Å². The number of amides is 1. The summed E-state index contributed by atoms with van der Waals surface area (Å²) in [5.74, 6) is 0.478. The minimum atomic E-state index is -0.332. The SMILES string of the molecule is O=C(OCc1ccccc1)N1CCCCC1c1nnco1. The normalized spacial score (nSPS) is 18.5. The fourth-order valence-electron chi connectivity index (χ4n) is 2.54. The monoisotopic (exact) mass is 287 g/mol. The van der Waals surface area contributed by atoms with E-state index in [1.165, 1.54) is 6.39 Å². The molecule has 0 aliphatic carbocycles. The maximum atomic E-state index is 12.3. The van der Waals surface area contributed by atoms with Crippen LogP contribution in [0.15, 0.2) is 41.1 Å². The highest BCUT2D eigenvalue weighted by Gasteiger charge is 2.32. The van der Waals surface area contributed by atoms with E-state index in [4.69, 9.17) is 9.15 Å². The number of rotatable bonds is 3. The third-order valence-electron chi connectivity index (χ3n) is 3.60. The van der Waals surface area contributed by atoms with Gasteiger partial charge in [-0.1, -0.05) is 30.3 Å². The number of hydrogen-bond donors (Lipinski definition) is 0. The highest BCUT2D eigenvalue weighted by Crippen LogP contribution is 2.30. The van der Waals surface area contributed by atoms with Crippen molar-refractivity contribution >= 4 is 6.09 Å². The molecule has 2 heterocycles. The average molecular weight is 287 g/mol. The topological polar surface area (TPSA) is 68.5 Å². The molecule has 21 heavy (non-hydrogen) atoms. The van der Waals surface area contributed by atoms with Crippen molar-refractivity contribution in [3.05, 3.63) is 48.2 Å². The molecular weight excluding hydrogens is 270 g/mol. The van der Waals surface area contributed by atoms with Gasteiger partial charge in [0.05, 0.1) is 0 Å². The van der Waals surface area contributed by atoms with Crippen LogP contribution in [0.2, 0.25) is 0 Å². The first-order valence-corrected chi connectivity index (χ1v) is 7.08. The van der Waals surface area contributed by atoms with Crippen LogP contribution in [-0.4, -0.2) is 27.7 Å². The number of carbonyl (C=O) groups excluding carboxylic acids is 1. The molecule has 6 heteroatoms. The van der Waals surface area contributed by atoms with Gasteiger partial charge in [-0.2, -0.15) is 0 Å². The summed E-state index contributed by atoms with van der Waals surface area (Å²) in [5.41, 5.74) is 0.970. The lowest BCUT2D eigenvalue weighted by molar-refractivity contribution is 0.0609. The highest BCUT2D eigenvalue weighted by molar-refractivity contribution is 5.68. The Labute approximate surface area is 122 Å². The van der Waals surface area contributed by atoms with Crippen molar-refractivity contribution in [1.29, 1.82) is 0 Å². The number of aromatic nitrogens is 2. The van der Waals surface area contributed by atoms with Crippen molar-refractivity contribution in [2.24, 2.45) is 0 Å². The fourth-order valence-corrected chi connectivity index (χ4v) is 2.54. The van der Waals surface area contributed by atoms with Gasteiger partial charge in [0.15, 0.2) is 0 Å². The molecule has 1 aliphatic rings. The van der Waals surface area contributed by atoms with E-state index in [-0.39, 0.29) is 18.7 Å². The van der Waals surface area contributed by atoms with E-state index in [0.29, 0.717) is 12.4 Å². The Hall–Kier alpha value is -2.37. The molecule has 1 saturated heterocycles. The van der Waals surface area contributed by atoms with Gasteiger partial charge in [0.2, 0.25) is 12.3 Å². The first-order valence-electron chi connectivity index (χ1n) is 7.08. The van der Waals surface area contributed by atoms with Crippen molar-refractivity contribution in [1.82, 2.24) is 15.1 Å². The first-order chi connectivity index (χ1) is 10.3. The zero-order chi connectivity index (χ0) is 14.5. The van der Waals surface area contributed by atoms with Gasteiger partial charge in [-0.15, -0.1) is 10.2 Å². The summed E-state index contributed by atoms with van der Waals surface area (Å²) in [6.07, 6.45) is 3.78. The average Bonchev–Trinajstić information content (AvgIpc) is 3.08. The molecule has 6 nitrogen and oxygen atoms in total. The number of likely N-dealkylation sites (tertiary alicyclic amines) is 1. The van der Waals surface area contributed by atoms with Crippen LogP contribution in [0.25, 0.3) is 0 Å². The van der Waals surface area contributed by atoms with Crippen LogP contribution < -0.4 is 0 Å². The first kappa shape index (κ1) is 13.6. The van der Waals surface area contributed by atoms with Gasteiger partial charge in [-0.3, -0.25) is 4.90 Å². The molecule has 1 aromatic heterocycles. The summed E-state index contributed by atoms with van der Waals surface area (Å²) in [4.78, 5) is 14.0. The maximum Gasteiger partial charge on any atom is 0.410 e. The van der Waals surface area contributed by atoms with Crippen molar-refractivity contribution in [3.63, 3.8) is 0 Å². The van der Waals surface area contributed by atoms with Crippen LogP contribution in [0.3, 0.4) is 0 Å². The summed E-state index contributed by atoms with van der Waals surface area (Å²) in [5, 5.41) is 7.61. The molecule has 3 rings (SSSR count). The fraction of sp³-hybridized carbons (Fsp3) is 0.400. The Bertz CT molecular complexity index is 571. The van der Waals surface area contributed by atoms with Crippen LogP contribution in [0.1, 0.15) is 36.8 Å². The zero-order valence-corrected chi connectivity index (χ0v) is 11.6. The molecule has 2 aromatic rings. The number of hydrogen-bond acceptors (Lipinski definition) is 5. The second-order valence-corrected chi connectivity index (χ2v) is 5.02. The molecule has 1 aliphatic heterocycles. The molecule has 0 radical (unpaired) electrons. The molecule has 0 spiro atoms. The van der Waals surface area contributed by atoms with Gasteiger partial charge in [0, 0.05) is 6.54 Å². The van der Waals surface area contributed by atoms with Gasteiger partial charge in [-0.25, -0.2) is 4.79 Å². The highest BCUT2D eigenvalue weighted by atomic mass is 16.6. The molecule has 110 valence electrons. The predicted octanol–water partition coefficient (Wildman–Crippen LogP) is 2.93. The van der Waals surface area contributed by atoms with E-state index in [1.54, 1.807) is 4.90 Å². The molecule has 0 saturated carbocycles. The van der Waals surface area contributed by atoms with Crippen LogP contribution in [0, 0.1) is 0 Å². The summed E-state index contributed by atoms with van der Waals surface area (Å²) >= 11 is 0. The van der Waals surface area contributed by atoms with E-state index in [1.807, 2.05) is 30.3 Å². The number of piperidine rings is 1. The summed E-state index contributed by atoms with van der Waals surface area (Å²) in [6, 6.07) is 9.46. The van der Waals surface area contributed by atoms with E-state index in [2.05, 4.69) is 10.2 Å². The maximum absolute atomic E-state index is 12.3. The molecule has 1 amide bonds. The van der Waals surface area contributed by atoms with Crippen molar-refractivity contribution in [2.75, 3.05) is 6.54 Å². The van der Waals surface area contributed by atoms with E-state index < -0.39 is 0 Å². The number of benzene rings is 1. The van der Waals surface area contributed by atoms with Crippen LogP contribution in [0.5, 0.6) is 0 Å². The molecule has 0 N–H and O–H groups in total. The molecule has 1 atom stereocenters. The van der Waals surface area contributed by atoms with E-state index in [9.17, 15) is 4.79 Å². The minimum absolute atomic E-state index is 0.176. The lowest BCUT2D eigenvalue weighted by Gasteiger charge is -2.32. The van der Waals surface area contributed by atoms with Crippen LogP contribution in [0.4, 0.5) is 4.79 Å². The standard InChI is InChI=1S/C15H17N3O3/c19-15(20-10-12-6-2-1-3-7-12)18-9-5-4-8-13(18)14-17-16-11-21-14/h1-3,6-7,11,13H,4-5,8-10H2. The second kappa shape index (κ2) is 6.39. The predicted molar refractivity (Wildman–Crippen MR) is 74.2 cm³/mol. The Kier molecular flexibility index (Phi) is 4.14. The molecule has 0 bridgehead atoms. The van der Waals surface area contributed by atoms with Crippen LogP contribution >= 0.6 is 0 Å². The molecular formula is C15H17N3O3. The Morgan fingerprint density at radius 3 is 2.95 bits per heavy atom. The minimum Gasteiger partial charge on any atom is -0.445 e. The number of nitrogens with zero attached hydrogens (tertiary/aromatic N) is 3. The van der Waals surface area contributed by atoms with Gasteiger partial charge in [0.25, 0.3) is 0 Å². The Balaban J connectivity index is 1.64. The summed E-state index contributed by atoms with van der Waals surface area (Å²) in [6.45, 7) is 0.924. The molecule has 1 aromatic carbocycles. The Morgan fingerprint density at radius 1 is 1.33 bits per heavy atom. The third kappa shape index (κ3) is 3.21. The zero-order valence-electron chi connectivity index (χ0n) is 11.6. The Morgan fingerprint density at radius 2 is 2.19 bits per heavy atom. The number of ether oxygens (including phenoxy) is 1. The van der Waals surface area contributed by atoms with Gasteiger partial charge < -0.3 is 9.15 Å². The number of carbonyl (C=O) groups is 1. The lowest BCUT2D eigenvalue weighted by Crippen LogP contribution is -2.39. The summed E-state index contributed by atoms with van der Waals surface area (Å²) < 4.78 is 10.6. The van der Waals surface area contributed by atoms with Crippen LogP contribution in [-0.2, 0) is 11.3 Å².